The Balaban J connectivity index is 1.43. The third-order valence-corrected chi connectivity index (χ3v) is 8.83. The molecule has 39 heavy (non-hydrogen) atoms. The monoisotopic (exact) mass is 549 g/mol. The van der Waals surface area contributed by atoms with Crippen LogP contribution in [0.2, 0.25) is 0 Å². The van der Waals surface area contributed by atoms with Crippen molar-refractivity contribution >= 4 is 15.9 Å². The van der Waals surface area contributed by atoms with Crippen LogP contribution in [-0.4, -0.2) is 64.4 Å². The van der Waals surface area contributed by atoms with Crippen LogP contribution >= 0.6 is 0 Å². The van der Waals surface area contributed by atoms with E-state index in [-0.39, 0.29) is 10.8 Å². The van der Waals surface area contributed by atoms with E-state index >= 15 is 0 Å². The zero-order chi connectivity index (χ0) is 27.8. The van der Waals surface area contributed by atoms with Gasteiger partial charge in [-0.2, -0.15) is 0 Å². The fourth-order valence-corrected chi connectivity index (χ4v) is 5.65. The highest BCUT2D eigenvalue weighted by molar-refractivity contribution is 7.89. The van der Waals surface area contributed by atoms with Gasteiger partial charge in [0.1, 0.15) is 5.75 Å². The lowest BCUT2D eigenvalue weighted by Gasteiger charge is -2.19. The molecule has 0 fully saturated rings. The van der Waals surface area contributed by atoms with E-state index in [1.807, 2.05) is 18.2 Å². The highest BCUT2D eigenvalue weighted by Gasteiger charge is 2.17. The van der Waals surface area contributed by atoms with Crippen molar-refractivity contribution in [2.75, 3.05) is 40.8 Å². The second-order valence-corrected chi connectivity index (χ2v) is 12.6. The van der Waals surface area contributed by atoms with Gasteiger partial charge in [-0.3, -0.25) is 4.79 Å². The first kappa shape index (κ1) is 28.8. The summed E-state index contributed by atoms with van der Waals surface area (Å²) in [5.74, 6) is 0.693. The van der Waals surface area contributed by atoms with Crippen LogP contribution in [0.3, 0.4) is 0 Å². The van der Waals surface area contributed by atoms with Crippen molar-refractivity contribution in [3.8, 4) is 5.75 Å². The zero-order valence-electron chi connectivity index (χ0n) is 23.2. The minimum atomic E-state index is -3.46. The lowest BCUT2D eigenvalue weighted by molar-refractivity contribution is 0.0954. The Morgan fingerprint density at radius 1 is 0.974 bits per heavy atom. The molecule has 0 aliphatic carbocycles. The average Bonchev–Trinajstić information content (AvgIpc) is 2.91. The summed E-state index contributed by atoms with van der Waals surface area (Å²) in [6, 6.07) is 21.1. The summed E-state index contributed by atoms with van der Waals surface area (Å²) in [6.45, 7) is 3.11. The number of ether oxygens (including phenoxy) is 1. The number of rotatable bonds is 6. The van der Waals surface area contributed by atoms with E-state index in [2.05, 4.69) is 41.5 Å². The van der Waals surface area contributed by atoms with Gasteiger partial charge >= 0.3 is 0 Å². The molecule has 2 bridgehead atoms. The maximum atomic E-state index is 13.0. The molecule has 3 aromatic carbocycles. The molecule has 1 aliphatic heterocycles. The number of hydrogen-bond donors (Lipinski definition) is 1. The van der Waals surface area contributed by atoms with E-state index < -0.39 is 10.0 Å². The second kappa shape index (κ2) is 13.2. The fourth-order valence-electron chi connectivity index (χ4n) is 4.75. The number of hydrogen-bond acceptors (Lipinski definition) is 5. The first-order valence-electron chi connectivity index (χ1n) is 13.5. The van der Waals surface area contributed by atoms with Crippen LogP contribution in [0.25, 0.3) is 0 Å². The maximum Gasteiger partial charge on any atom is 0.251 e. The van der Waals surface area contributed by atoms with Gasteiger partial charge in [-0.05, 0) is 91.9 Å². The van der Waals surface area contributed by atoms with E-state index in [0.29, 0.717) is 31.6 Å². The van der Waals surface area contributed by atoms with Gasteiger partial charge in [0.25, 0.3) is 5.91 Å². The molecule has 0 saturated carbocycles. The fraction of sp³-hybridized carbons (Fsp3) is 0.387. The van der Waals surface area contributed by atoms with Crippen LogP contribution in [0.15, 0.2) is 71.6 Å². The van der Waals surface area contributed by atoms with Gasteiger partial charge in [0.2, 0.25) is 10.0 Å². The van der Waals surface area contributed by atoms with E-state index in [9.17, 15) is 13.2 Å². The van der Waals surface area contributed by atoms with Gasteiger partial charge in [-0.15, -0.1) is 0 Å². The van der Waals surface area contributed by atoms with Crippen LogP contribution in [0.5, 0.6) is 5.75 Å². The van der Waals surface area contributed by atoms with E-state index in [0.717, 1.165) is 49.2 Å². The van der Waals surface area contributed by atoms with Crippen LogP contribution in [0.4, 0.5) is 0 Å². The Hall–Kier alpha value is -3.20. The molecule has 4 rings (SSSR count). The van der Waals surface area contributed by atoms with Gasteiger partial charge in [0.15, 0.2) is 0 Å². The Morgan fingerprint density at radius 2 is 1.74 bits per heavy atom. The zero-order valence-corrected chi connectivity index (χ0v) is 24.0. The molecule has 1 N–H and O–H groups in total. The molecule has 0 unspecified atom stereocenters. The highest BCUT2D eigenvalue weighted by Crippen LogP contribution is 2.25. The van der Waals surface area contributed by atoms with Crippen LogP contribution in [0.1, 0.15) is 51.9 Å². The van der Waals surface area contributed by atoms with Crippen molar-refractivity contribution in [2.45, 2.75) is 43.5 Å². The molecular formula is C31H39N3O4S. The molecule has 0 saturated heterocycles. The molecular weight excluding hydrogens is 510 g/mol. The summed E-state index contributed by atoms with van der Waals surface area (Å²) < 4.78 is 31.9. The molecule has 1 aliphatic rings. The molecule has 0 radical (unpaired) electrons. The Labute approximate surface area is 232 Å². The maximum absolute atomic E-state index is 13.0. The molecule has 1 amide bonds. The predicted molar refractivity (Wildman–Crippen MR) is 155 cm³/mol. The molecule has 0 atom stereocenters. The Morgan fingerprint density at radius 3 is 2.51 bits per heavy atom. The molecule has 0 aromatic heterocycles. The number of sulfonamides is 1. The predicted octanol–water partition coefficient (Wildman–Crippen LogP) is 4.49. The standard InChI is InChI=1S/C31H39N3O4S/c1-33(2)39(36,37)29-13-10-24(11-14-29)16-17-32-31(35)27-12-15-30-28(22-27)21-25-8-7-9-26(20-25)23-34(3)18-5-4-6-19-38-30/h7-15,20,22H,4-6,16-19,21,23H2,1-3H3,(H,32,35). The van der Waals surface area contributed by atoms with Gasteiger partial charge in [-0.1, -0.05) is 36.4 Å². The smallest absolute Gasteiger partial charge is 0.251 e. The number of nitrogens with zero attached hydrogens (tertiary/aromatic N) is 2. The van der Waals surface area contributed by atoms with Gasteiger partial charge < -0.3 is 15.0 Å². The van der Waals surface area contributed by atoms with E-state index in [4.69, 9.17) is 4.74 Å². The third kappa shape index (κ3) is 7.91. The Bertz CT molecular complexity index is 1370. The molecule has 8 heteroatoms. The van der Waals surface area contributed by atoms with Crippen molar-refractivity contribution < 1.29 is 17.9 Å². The molecule has 0 spiro atoms. The van der Waals surface area contributed by atoms with Gasteiger partial charge in [0.05, 0.1) is 11.5 Å². The summed E-state index contributed by atoms with van der Waals surface area (Å²) in [5, 5.41) is 3.00. The normalized spacial score (nSPS) is 15.2. The highest BCUT2D eigenvalue weighted by atomic mass is 32.2. The summed E-state index contributed by atoms with van der Waals surface area (Å²) in [5.41, 5.74) is 5.04. The summed E-state index contributed by atoms with van der Waals surface area (Å²) in [6.07, 6.45) is 4.56. The van der Waals surface area contributed by atoms with Crippen molar-refractivity contribution in [1.82, 2.24) is 14.5 Å². The first-order valence-corrected chi connectivity index (χ1v) is 15.0. The van der Waals surface area contributed by atoms with Gasteiger partial charge in [0, 0.05) is 39.2 Å². The number of benzene rings is 3. The number of nitrogens with one attached hydrogen (secondary N) is 1. The average molecular weight is 550 g/mol. The lowest BCUT2D eigenvalue weighted by atomic mass is 9.99. The number of carbonyl (C=O) groups excluding carboxylic acids is 1. The van der Waals surface area contributed by atoms with Crippen molar-refractivity contribution in [3.63, 3.8) is 0 Å². The van der Waals surface area contributed by atoms with Crippen molar-refractivity contribution in [3.05, 3.63) is 94.5 Å². The number of carbonyl (C=O) groups is 1. The van der Waals surface area contributed by atoms with Crippen LogP contribution in [-0.2, 0) is 29.4 Å². The summed E-state index contributed by atoms with van der Waals surface area (Å²) >= 11 is 0. The summed E-state index contributed by atoms with van der Waals surface area (Å²) in [4.78, 5) is 15.6. The molecule has 3 aromatic rings. The second-order valence-electron chi connectivity index (χ2n) is 10.4. The lowest BCUT2D eigenvalue weighted by Crippen LogP contribution is -2.26. The topological polar surface area (TPSA) is 79.0 Å². The van der Waals surface area contributed by atoms with Crippen LogP contribution < -0.4 is 10.1 Å². The van der Waals surface area contributed by atoms with E-state index in [1.54, 1.807) is 24.3 Å². The van der Waals surface area contributed by atoms with Crippen molar-refractivity contribution in [1.29, 1.82) is 0 Å². The van der Waals surface area contributed by atoms with E-state index in [1.165, 1.54) is 29.5 Å². The minimum absolute atomic E-state index is 0.139. The minimum Gasteiger partial charge on any atom is -0.493 e. The quantitative estimate of drug-likeness (QED) is 0.490. The molecule has 208 valence electrons. The first-order chi connectivity index (χ1) is 18.7. The van der Waals surface area contributed by atoms with Gasteiger partial charge in [-0.25, -0.2) is 12.7 Å². The molecule has 7 nitrogen and oxygen atoms in total. The van der Waals surface area contributed by atoms with Crippen LogP contribution in [0, 0.1) is 0 Å². The van der Waals surface area contributed by atoms with Crippen molar-refractivity contribution in [2.24, 2.45) is 0 Å². The summed E-state index contributed by atoms with van der Waals surface area (Å²) in [7, 11) is 1.74. The number of fused-ring (bicyclic) bond motifs is 3. The number of amides is 1. The Kier molecular flexibility index (Phi) is 9.78. The largest absolute Gasteiger partial charge is 0.493 e. The SMILES string of the molecule is CN1CCCCCOc2ccc(C(=O)NCCc3ccc(S(=O)(=O)N(C)C)cc3)cc2Cc2cccc(c2)C1. The molecule has 1 heterocycles. The third-order valence-electron chi connectivity index (χ3n) is 7.00.